The van der Waals surface area contributed by atoms with Gasteiger partial charge in [-0.1, -0.05) is 71.4 Å². The second-order valence-electron chi connectivity index (χ2n) is 7.89. The number of amides is 1. The molecule has 1 aliphatic heterocycles. The number of anilines is 1. The number of nitrogens with zero attached hydrogens (tertiary/aromatic N) is 3. The van der Waals surface area contributed by atoms with Crippen LogP contribution in [-0.2, 0) is 11.4 Å². The highest BCUT2D eigenvalue weighted by atomic mass is 35.5. The normalized spacial score (nSPS) is 16.9. The molecule has 0 saturated carbocycles. The Morgan fingerprint density at radius 1 is 1.06 bits per heavy atom. The van der Waals surface area contributed by atoms with Gasteiger partial charge in [-0.25, -0.2) is 4.68 Å². The molecule has 5 rings (SSSR count). The van der Waals surface area contributed by atoms with Gasteiger partial charge in [0.25, 0.3) is 0 Å². The summed E-state index contributed by atoms with van der Waals surface area (Å²) in [5.74, 6) is 1.24. The Kier molecular flexibility index (Phi) is 6.42. The number of thioether (sulfide) groups is 1. The van der Waals surface area contributed by atoms with Gasteiger partial charge in [-0.15, -0.1) is 10.2 Å². The molecule has 172 valence electrons. The van der Waals surface area contributed by atoms with Gasteiger partial charge in [0, 0.05) is 10.7 Å². The number of aryl methyl sites for hydroxylation is 1. The molecule has 9 heteroatoms. The summed E-state index contributed by atoms with van der Waals surface area (Å²) >= 11 is 7.35. The van der Waals surface area contributed by atoms with Gasteiger partial charge < -0.3 is 15.5 Å². The van der Waals surface area contributed by atoms with Crippen molar-refractivity contribution in [2.45, 2.75) is 30.0 Å². The second-order valence-corrected chi connectivity index (χ2v) is 9.43. The molecule has 4 aromatic rings. The van der Waals surface area contributed by atoms with Crippen molar-refractivity contribution >= 4 is 35.0 Å². The molecule has 2 atom stereocenters. The quantitative estimate of drug-likeness (QED) is 0.385. The molecule has 2 heterocycles. The predicted molar refractivity (Wildman–Crippen MR) is 134 cm³/mol. The van der Waals surface area contributed by atoms with Gasteiger partial charge >= 0.3 is 0 Å². The van der Waals surface area contributed by atoms with Gasteiger partial charge in [0.05, 0.1) is 6.04 Å². The van der Waals surface area contributed by atoms with E-state index in [-0.39, 0.29) is 18.6 Å². The minimum atomic E-state index is -0.474. The van der Waals surface area contributed by atoms with Crippen LogP contribution in [0.3, 0.4) is 0 Å². The zero-order chi connectivity index (χ0) is 23.5. The van der Waals surface area contributed by atoms with Crippen LogP contribution in [0.4, 0.5) is 5.69 Å². The molecule has 1 aliphatic rings. The fourth-order valence-electron chi connectivity index (χ4n) is 3.63. The minimum Gasteiger partial charge on any atom is -0.486 e. The molecular formula is C25H22ClN5O2S. The first-order valence-electron chi connectivity index (χ1n) is 10.8. The highest BCUT2D eigenvalue weighted by Gasteiger charge is 2.38. The molecule has 1 amide bonds. The molecule has 34 heavy (non-hydrogen) atoms. The lowest BCUT2D eigenvalue weighted by atomic mass is 10.0. The van der Waals surface area contributed by atoms with E-state index in [0.29, 0.717) is 21.7 Å². The predicted octanol–water partition coefficient (Wildman–Crippen LogP) is 5.22. The fraction of sp³-hybridized carbons (Fsp3) is 0.160. The topological polar surface area (TPSA) is 81.1 Å². The number of benzene rings is 3. The average molecular weight is 492 g/mol. The molecule has 0 aliphatic carbocycles. The summed E-state index contributed by atoms with van der Waals surface area (Å²) in [7, 11) is 0. The maximum atomic E-state index is 13.3. The Balaban J connectivity index is 1.41. The van der Waals surface area contributed by atoms with Crippen LogP contribution in [0.5, 0.6) is 5.75 Å². The van der Waals surface area contributed by atoms with E-state index < -0.39 is 5.25 Å². The molecular weight excluding hydrogens is 470 g/mol. The zero-order valence-electron chi connectivity index (χ0n) is 18.3. The maximum Gasteiger partial charge on any atom is 0.240 e. The first-order chi connectivity index (χ1) is 16.6. The molecule has 2 unspecified atom stereocenters. The van der Waals surface area contributed by atoms with Gasteiger partial charge in [0.1, 0.15) is 17.6 Å². The van der Waals surface area contributed by atoms with Gasteiger partial charge in [0.2, 0.25) is 11.1 Å². The van der Waals surface area contributed by atoms with Crippen molar-refractivity contribution in [3.63, 3.8) is 0 Å². The van der Waals surface area contributed by atoms with E-state index in [2.05, 4.69) is 20.9 Å². The average Bonchev–Trinajstić information content (AvgIpc) is 3.26. The van der Waals surface area contributed by atoms with Crippen LogP contribution in [0.25, 0.3) is 0 Å². The minimum absolute atomic E-state index is 0.137. The fourth-order valence-corrected chi connectivity index (χ4v) is 4.85. The number of carbonyl (C=O) groups is 1. The second kappa shape index (κ2) is 9.79. The summed E-state index contributed by atoms with van der Waals surface area (Å²) in [5, 5.41) is 12.3. The Morgan fingerprint density at radius 3 is 2.53 bits per heavy atom. The van der Waals surface area contributed by atoms with Crippen LogP contribution in [0.1, 0.15) is 23.0 Å². The Labute approximate surface area is 206 Å². The van der Waals surface area contributed by atoms with E-state index in [1.54, 1.807) is 24.3 Å². The number of para-hydroxylation sites is 1. The lowest BCUT2D eigenvalue weighted by Crippen LogP contribution is -2.41. The van der Waals surface area contributed by atoms with E-state index in [1.807, 2.05) is 66.2 Å². The highest BCUT2D eigenvalue weighted by Crippen LogP contribution is 2.37. The number of aromatic nitrogens is 3. The van der Waals surface area contributed by atoms with Crippen molar-refractivity contribution in [1.82, 2.24) is 14.9 Å². The molecule has 7 nitrogen and oxygen atoms in total. The molecule has 0 radical (unpaired) electrons. The lowest BCUT2D eigenvalue weighted by Gasteiger charge is -2.33. The number of hydrogen-bond donors (Lipinski definition) is 2. The number of carbonyl (C=O) groups excluding carboxylic acids is 1. The standard InChI is InChI=1S/C25H22ClN5O2S/c1-16-7-9-17(10-8-16)22-23(24(32)27-19-13-11-18(26)12-14-19)34-25-29-28-21(31(25)30-22)15-33-20-5-3-2-4-6-20/h2-14,22-23,30H,15H2,1H3,(H,27,32). The lowest BCUT2D eigenvalue weighted by molar-refractivity contribution is -0.116. The first-order valence-corrected chi connectivity index (χ1v) is 12.0. The largest absolute Gasteiger partial charge is 0.486 e. The Hall–Kier alpha value is -3.49. The number of fused-ring (bicyclic) bond motifs is 1. The highest BCUT2D eigenvalue weighted by molar-refractivity contribution is 8.00. The molecule has 0 bridgehead atoms. The van der Waals surface area contributed by atoms with Crippen LogP contribution in [0.2, 0.25) is 5.02 Å². The number of ether oxygens (including phenoxy) is 1. The van der Waals surface area contributed by atoms with Crippen molar-refractivity contribution in [3.05, 3.63) is 101 Å². The maximum absolute atomic E-state index is 13.3. The number of hydrogen-bond acceptors (Lipinski definition) is 6. The van der Waals surface area contributed by atoms with E-state index in [9.17, 15) is 4.79 Å². The van der Waals surface area contributed by atoms with Gasteiger partial charge in [0.15, 0.2) is 5.82 Å². The van der Waals surface area contributed by atoms with Crippen LogP contribution in [0.15, 0.2) is 84.0 Å². The Bertz CT molecular complexity index is 1280. The van der Waals surface area contributed by atoms with Gasteiger partial charge in [-0.05, 0) is 48.9 Å². The third-order valence-corrected chi connectivity index (χ3v) is 6.89. The van der Waals surface area contributed by atoms with Crippen molar-refractivity contribution in [3.8, 4) is 5.75 Å². The molecule has 0 spiro atoms. The van der Waals surface area contributed by atoms with Crippen molar-refractivity contribution < 1.29 is 9.53 Å². The summed E-state index contributed by atoms with van der Waals surface area (Å²) in [5.41, 5.74) is 6.27. The number of rotatable bonds is 6. The monoisotopic (exact) mass is 491 g/mol. The summed E-state index contributed by atoms with van der Waals surface area (Å²) in [6, 6.07) is 24.4. The van der Waals surface area contributed by atoms with Gasteiger partial charge in [-0.3, -0.25) is 4.79 Å². The summed E-state index contributed by atoms with van der Waals surface area (Å²) in [4.78, 5) is 13.3. The third kappa shape index (κ3) is 4.88. The molecule has 0 fully saturated rings. The number of halogens is 1. The zero-order valence-corrected chi connectivity index (χ0v) is 19.9. The molecule has 1 aromatic heterocycles. The molecule has 3 aromatic carbocycles. The first kappa shape index (κ1) is 22.3. The molecule has 2 N–H and O–H groups in total. The van der Waals surface area contributed by atoms with Crippen molar-refractivity contribution in [2.75, 3.05) is 10.7 Å². The van der Waals surface area contributed by atoms with Crippen LogP contribution in [0, 0.1) is 6.92 Å². The van der Waals surface area contributed by atoms with Crippen LogP contribution < -0.4 is 15.5 Å². The van der Waals surface area contributed by atoms with E-state index in [4.69, 9.17) is 16.3 Å². The summed E-state index contributed by atoms with van der Waals surface area (Å²) < 4.78 is 7.68. The summed E-state index contributed by atoms with van der Waals surface area (Å²) in [6.45, 7) is 2.28. The van der Waals surface area contributed by atoms with E-state index in [0.717, 1.165) is 16.9 Å². The van der Waals surface area contributed by atoms with E-state index in [1.165, 1.54) is 11.8 Å². The van der Waals surface area contributed by atoms with Crippen LogP contribution in [-0.4, -0.2) is 26.0 Å². The smallest absolute Gasteiger partial charge is 0.240 e. The van der Waals surface area contributed by atoms with Crippen molar-refractivity contribution in [1.29, 1.82) is 0 Å². The Morgan fingerprint density at radius 2 is 1.79 bits per heavy atom. The number of nitrogens with one attached hydrogen (secondary N) is 2. The third-order valence-electron chi connectivity index (χ3n) is 5.42. The molecule has 0 saturated heterocycles. The van der Waals surface area contributed by atoms with Crippen molar-refractivity contribution in [2.24, 2.45) is 0 Å². The summed E-state index contributed by atoms with van der Waals surface area (Å²) in [6.07, 6.45) is 0. The van der Waals surface area contributed by atoms with E-state index >= 15 is 0 Å². The van der Waals surface area contributed by atoms with Gasteiger partial charge in [-0.2, -0.15) is 0 Å². The SMILES string of the molecule is Cc1ccc(C2Nn3c(COc4ccccc4)nnc3SC2C(=O)Nc2ccc(Cl)cc2)cc1. The van der Waals surface area contributed by atoms with Crippen LogP contribution >= 0.6 is 23.4 Å².